The minimum Gasteiger partial charge on any atom is -0.493 e. The maximum atomic E-state index is 13.2. The van der Waals surface area contributed by atoms with Gasteiger partial charge in [0.2, 0.25) is 5.91 Å². The molecule has 1 aliphatic carbocycles. The van der Waals surface area contributed by atoms with Crippen LogP contribution in [-0.2, 0) is 16.6 Å². The van der Waals surface area contributed by atoms with Gasteiger partial charge in [0.05, 0.1) is 20.1 Å². The molecule has 3 aromatic rings. The molecule has 1 saturated carbocycles. The summed E-state index contributed by atoms with van der Waals surface area (Å²) in [5.41, 5.74) is 5.84. The number of amides is 1. The van der Waals surface area contributed by atoms with E-state index in [0.29, 0.717) is 18.0 Å². The van der Waals surface area contributed by atoms with Crippen molar-refractivity contribution in [3.8, 4) is 11.5 Å². The van der Waals surface area contributed by atoms with Gasteiger partial charge in [0.1, 0.15) is 0 Å². The van der Waals surface area contributed by atoms with Gasteiger partial charge in [-0.1, -0.05) is 54.6 Å². The summed E-state index contributed by atoms with van der Waals surface area (Å²) in [6, 6.07) is 22.8. The monoisotopic (exact) mass is 429 g/mol. The largest absolute Gasteiger partial charge is 0.493 e. The van der Waals surface area contributed by atoms with E-state index in [2.05, 4.69) is 67.7 Å². The predicted octanol–water partition coefficient (Wildman–Crippen LogP) is 4.99. The minimum absolute atomic E-state index is 0.0601. The van der Waals surface area contributed by atoms with Gasteiger partial charge in [0.25, 0.3) is 0 Å². The summed E-state index contributed by atoms with van der Waals surface area (Å²) in [7, 11) is 3.26. The highest BCUT2D eigenvalue weighted by molar-refractivity contribution is 5.86. The molecule has 0 aromatic heterocycles. The highest BCUT2D eigenvalue weighted by atomic mass is 16.5. The Balaban J connectivity index is 1.50. The Morgan fingerprint density at radius 3 is 2.06 bits per heavy atom. The Hall–Kier alpha value is -3.27. The standard InChI is InChI=1S/C28H31NO3/c1-19-9-5-7-11-22(19)28(23-12-8-6-10-20(23)2)18-24(28)27(30)29-16-15-21-13-14-25(31-3)26(17-21)32-4/h5-14,17,24H,15-16,18H2,1-4H3,(H,29,30). The molecule has 0 bridgehead atoms. The highest BCUT2D eigenvalue weighted by Crippen LogP contribution is 2.60. The SMILES string of the molecule is COc1ccc(CCNC(=O)C2CC2(c2ccccc2C)c2ccccc2C)cc1OC. The molecular formula is C28H31NO3. The molecule has 0 saturated heterocycles. The van der Waals surface area contributed by atoms with Crippen molar-refractivity contribution in [1.82, 2.24) is 5.32 Å². The van der Waals surface area contributed by atoms with E-state index in [1.165, 1.54) is 22.3 Å². The molecule has 1 atom stereocenters. The molecule has 0 spiro atoms. The third-order valence-electron chi connectivity index (χ3n) is 6.69. The molecule has 166 valence electrons. The first kappa shape index (κ1) is 21.9. The van der Waals surface area contributed by atoms with Crippen molar-refractivity contribution in [2.75, 3.05) is 20.8 Å². The van der Waals surface area contributed by atoms with Gasteiger partial charge in [-0.05, 0) is 66.6 Å². The Labute approximate surface area is 190 Å². The topological polar surface area (TPSA) is 47.6 Å². The van der Waals surface area contributed by atoms with E-state index < -0.39 is 0 Å². The molecule has 32 heavy (non-hydrogen) atoms. The van der Waals surface area contributed by atoms with Crippen LogP contribution in [0.2, 0.25) is 0 Å². The molecule has 0 radical (unpaired) electrons. The van der Waals surface area contributed by atoms with E-state index in [4.69, 9.17) is 9.47 Å². The third-order valence-corrected chi connectivity index (χ3v) is 6.69. The fourth-order valence-corrected chi connectivity index (χ4v) is 4.96. The number of ether oxygens (including phenoxy) is 2. The van der Waals surface area contributed by atoms with E-state index in [-0.39, 0.29) is 17.2 Å². The van der Waals surface area contributed by atoms with Crippen molar-refractivity contribution in [2.24, 2.45) is 5.92 Å². The van der Waals surface area contributed by atoms with Crippen LogP contribution in [0.25, 0.3) is 0 Å². The van der Waals surface area contributed by atoms with Crippen LogP contribution in [-0.4, -0.2) is 26.7 Å². The van der Waals surface area contributed by atoms with Crippen LogP contribution in [0.1, 0.15) is 34.2 Å². The first-order chi connectivity index (χ1) is 15.5. The maximum absolute atomic E-state index is 13.2. The normalized spacial score (nSPS) is 16.3. The fourth-order valence-electron chi connectivity index (χ4n) is 4.96. The van der Waals surface area contributed by atoms with Gasteiger partial charge in [0.15, 0.2) is 11.5 Å². The van der Waals surface area contributed by atoms with Crippen LogP contribution in [0, 0.1) is 19.8 Å². The molecular weight excluding hydrogens is 398 g/mol. The summed E-state index contributed by atoms with van der Waals surface area (Å²) in [6.07, 6.45) is 1.57. The second kappa shape index (κ2) is 9.07. The van der Waals surface area contributed by atoms with Gasteiger partial charge < -0.3 is 14.8 Å². The lowest BCUT2D eigenvalue weighted by Crippen LogP contribution is -2.31. The molecule has 4 nitrogen and oxygen atoms in total. The van der Waals surface area contributed by atoms with Gasteiger partial charge in [0, 0.05) is 12.0 Å². The Morgan fingerprint density at radius 2 is 1.50 bits per heavy atom. The first-order valence-corrected chi connectivity index (χ1v) is 11.1. The fraction of sp³-hybridized carbons (Fsp3) is 0.321. The zero-order chi connectivity index (χ0) is 22.7. The van der Waals surface area contributed by atoms with Crippen molar-refractivity contribution in [3.05, 3.63) is 94.5 Å². The van der Waals surface area contributed by atoms with E-state index in [9.17, 15) is 4.79 Å². The molecule has 1 amide bonds. The summed E-state index contributed by atoms with van der Waals surface area (Å²) in [6.45, 7) is 4.86. The first-order valence-electron chi connectivity index (χ1n) is 11.1. The summed E-state index contributed by atoms with van der Waals surface area (Å²) in [4.78, 5) is 13.2. The summed E-state index contributed by atoms with van der Waals surface area (Å²) >= 11 is 0. The number of nitrogens with one attached hydrogen (secondary N) is 1. The predicted molar refractivity (Wildman–Crippen MR) is 128 cm³/mol. The van der Waals surface area contributed by atoms with Crippen LogP contribution in [0.5, 0.6) is 11.5 Å². The molecule has 0 heterocycles. The average molecular weight is 430 g/mol. The smallest absolute Gasteiger partial charge is 0.224 e. The van der Waals surface area contributed by atoms with E-state index >= 15 is 0 Å². The van der Waals surface area contributed by atoms with Crippen LogP contribution in [0.3, 0.4) is 0 Å². The summed E-state index contributed by atoms with van der Waals surface area (Å²) in [5.74, 6) is 1.48. The van der Waals surface area contributed by atoms with Crippen LogP contribution < -0.4 is 14.8 Å². The molecule has 4 rings (SSSR count). The summed E-state index contributed by atoms with van der Waals surface area (Å²) < 4.78 is 10.7. The number of methoxy groups -OCH3 is 2. The maximum Gasteiger partial charge on any atom is 0.224 e. The van der Waals surface area contributed by atoms with Crippen molar-refractivity contribution in [1.29, 1.82) is 0 Å². The molecule has 4 heteroatoms. The van der Waals surface area contributed by atoms with Gasteiger partial charge in [-0.25, -0.2) is 0 Å². The van der Waals surface area contributed by atoms with Gasteiger partial charge in [-0.15, -0.1) is 0 Å². The second-order valence-electron chi connectivity index (χ2n) is 8.59. The van der Waals surface area contributed by atoms with E-state index in [1.54, 1.807) is 14.2 Å². The molecule has 1 aliphatic rings. The van der Waals surface area contributed by atoms with Crippen molar-refractivity contribution in [2.45, 2.75) is 32.1 Å². The molecule has 1 N–H and O–H groups in total. The van der Waals surface area contributed by atoms with Crippen molar-refractivity contribution in [3.63, 3.8) is 0 Å². The Bertz CT molecular complexity index is 1080. The molecule has 1 unspecified atom stereocenters. The van der Waals surface area contributed by atoms with Gasteiger partial charge in [-0.3, -0.25) is 4.79 Å². The third kappa shape index (κ3) is 3.97. The zero-order valence-electron chi connectivity index (χ0n) is 19.3. The van der Waals surface area contributed by atoms with Crippen LogP contribution in [0.15, 0.2) is 66.7 Å². The number of carbonyl (C=O) groups excluding carboxylic acids is 1. The van der Waals surface area contributed by atoms with Crippen LogP contribution in [0.4, 0.5) is 0 Å². The van der Waals surface area contributed by atoms with Gasteiger partial charge in [-0.2, -0.15) is 0 Å². The minimum atomic E-state index is -0.246. The van der Waals surface area contributed by atoms with Crippen molar-refractivity contribution >= 4 is 5.91 Å². The number of carbonyl (C=O) groups is 1. The van der Waals surface area contributed by atoms with E-state index in [0.717, 1.165) is 18.4 Å². The number of hydrogen-bond donors (Lipinski definition) is 1. The van der Waals surface area contributed by atoms with E-state index in [1.807, 2.05) is 18.2 Å². The average Bonchev–Trinajstić information content (AvgIpc) is 3.56. The zero-order valence-corrected chi connectivity index (χ0v) is 19.3. The number of benzene rings is 3. The number of hydrogen-bond acceptors (Lipinski definition) is 3. The lowest BCUT2D eigenvalue weighted by Gasteiger charge is -2.23. The van der Waals surface area contributed by atoms with Crippen molar-refractivity contribution < 1.29 is 14.3 Å². The number of aryl methyl sites for hydroxylation is 2. The Kier molecular flexibility index (Phi) is 6.22. The molecule has 3 aromatic carbocycles. The van der Waals surface area contributed by atoms with Crippen LogP contribution >= 0.6 is 0 Å². The second-order valence-corrected chi connectivity index (χ2v) is 8.59. The number of rotatable bonds is 8. The lowest BCUT2D eigenvalue weighted by molar-refractivity contribution is -0.122. The highest BCUT2D eigenvalue weighted by Gasteiger charge is 2.61. The molecule has 1 fully saturated rings. The quantitative estimate of drug-likeness (QED) is 0.549. The summed E-state index contributed by atoms with van der Waals surface area (Å²) in [5, 5.41) is 3.18. The lowest BCUT2D eigenvalue weighted by atomic mass is 9.81. The Morgan fingerprint density at radius 1 is 0.906 bits per heavy atom. The molecule has 0 aliphatic heterocycles. The van der Waals surface area contributed by atoms with Gasteiger partial charge >= 0.3 is 0 Å².